The minimum Gasteiger partial charge on any atom is -0.313 e. The van der Waals surface area contributed by atoms with Gasteiger partial charge in [-0.3, -0.25) is 0 Å². The summed E-state index contributed by atoms with van der Waals surface area (Å²) in [5.41, 5.74) is 0. The molecule has 7 heteroatoms. The first-order valence-electron chi connectivity index (χ1n) is 5.55. The van der Waals surface area contributed by atoms with E-state index in [1.165, 1.54) is 24.2 Å². The fourth-order valence-corrected chi connectivity index (χ4v) is 5.31. The summed E-state index contributed by atoms with van der Waals surface area (Å²) >= 11 is 4.47. The highest BCUT2D eigenvalue weighted by Gasteiger charge is 2.21. The van der Waals surface area contributed by atoms with E-state index in [0.717, 1.165) is 13.0 Å². The number of piperidine rings is 1. The van der Waals surface area contributed by atoms with Gasteiger partial charge in [0.1, 0.15) is 4.21 Å². The summed E-state index contributed by atoms with van der Waals surface area (Å²) in [6, 6.07) is 2.01. The lowest BCUT2D eigenvalue weighted by atomic mass is 10.1. The molecule has 1 aromatic rings. The van der Waals surface area contributed by atoms with Crippen LogP contribution < -0.4 is 10.0 Å². The number of nitrogens with one attached hydrogen (secondary N) is 2. The third-order valence-corrected chi connectivity index (χ3v) is 6.85. The van der Waals surface area contributed by atoms with E-state index in [2.05, 4.69) is 26.0 Å². The maximum Gasteiger partial charge on any atom is 0.251 e. The van der Waals surface area contributed by atoms with E-state index in [1.54, 1.807) is 11.4 Å². The van der Waals surface area contributed by atoms with Gasteiger partial charge >= 0.3 is 0 Å². The third-order valence-electron chi connectivity index (χ3n) is 2.76. The molecule has 0 spiro atoms. The second kappa shape index (κ2) is 5.79. The van der Waals surface area contributed by atoms with Crippen LogP contribution in [-0.2, 0) is 10.0 Å². The van der Waals surface area contributed by atoms with Crippen LogP contribution in [0.5, 0.6) is 0 Å². The summed E-state index contributed by atoms with van der Waals surface area (Å²) in [4.78, 5) is 0. The SMILES string of the molecule is O=S(=O)(NCC1CCCCN1)c1sccc1Br. The number of halogens is 1. The molecule has 1 saturated heterocycles. The Balaban J connectivity index is 1.96. The smallest absolute Gasteiger partial charge is 0.251 e. The van der Waals surface area contributed by atoms with Crippen molar-refractivity contribution in [3.63, 3.8) is 0 Å². The van der Waals surface area contributed by atoms with Crippen molar-refractivity contribution in [3.8, 4) is 0 Å². The molecule has 0 bridgehead atoms. The van der Waals surface area contributed by atoms with Crippen molar-refractivity contribution < 1.29 is 8.42 Å². The molecule has 1 atom stereocenters. The Kier molecular flexibility index (Phi) is 4.59. The first-order chi connectivity index (χ1) is 8.09. The summed E-state index contributed by atoms with van der Waals surface area (Å²) in [5.74, 6) is 0. The molecule has 1 aromatic heterocycles. The van der Waals surface area contributed by atoms with Gasteiger partial charge < -0.3 is 5.32 Å². The highest BCUT2D eigenvalue weighted by Crippen LogP contribution is 2.27. The summed E-state index contributed by atoms with van der Waals surface area (Å²) < 4.78 is 27.6. The maximum absolute atomic E-state index is 12.0. The van der Waals surface area contributed by atoms with E-state index in [4.69, 9.17) is 0 Å². The van der Waals surface area contributed by atoms with Gasteiger partial charge in [0, 0.05) is 17.1 Å². The van der Waals surface area contributed by atoms with Gasteiger partial charge in [0.15, 0.2) is 0 Å². The van der Waals surface area contributed by atoms with Crippen LogP contribution in [0, 0.1) is 0 Å². The molecule has 2 rings (SSSR count). The molecule has 0 saturated carbocycles. The second-order valence-electron chi connectivity index (χ2n) is 4.05. The molecule has 1 fully saturated rings. The van der Waals surface area contributed by atoms with Gasteiger partial charge in [-0.2, -0.15) is 0 Å². The lowest BCUT2D eigenvalue weighted by Crippen LogP contribution is -2.43. The molecule has 96 valence electrons. The minimum atomic E-state index is -3.37. The Labute approximate surface area is 114 Å². The van der Waals surface area contributed by atoms with E-state index in [-0.39, 0.29) is 6.04 Å². The number of hydrogen-bond acceptors (Lipinski definition) is 4. The number of hydrogen-bond donors (Lipinski definition) is 2. The van der Waals surface area contributed by atoms with E-state index in [9.17, 15) is 8.42 Å². The predicted octanol–water partition coefficient (Wildman–Crippen LogP) is 1.93. The molecule has 1 aliphatic heterocycles. The molecule has 1 unspecified atom stereocenters. The molecular formula is C10H15BrN2O2S2. The first kappa shape index (κ1) is 13.5. The summed E-state index contributed by atoms with van der Waals surface area (Å²) in [7, 11) is -3.37. The molecule has 0 aromatic carbocycles. The largest absolute Gasteiger partial charge is 0.313 e. The van der Waals surface area contributed by atoms with Crippen molar-refractivity contribution >= 4 is 37.3 Å². The summed E-state index contributed by atoms with van der Waals surface area (Å²) in [6.07, 6.45) is 3.38. The Morgan fingerprint density at radius 2 is 2.35 bits per heavy atom. The molecule has 17 heavy (non-hydrogen) atoms. The standard InChI is InChI=1S/C10H15BrN2O2S2/c11-9-4-6-16-10(9)17(14,15)13-7-8-3-1-2-5-12-8/h4,6,8,12-13H,1-3,5,7H2. The lowest BCUT2D eigenvalue weighted by molar-refractivity contribution is 0.398. The predicted molar refractivity (Wildman–Crippen MR) is 72.8 cm³/mol. The van der Waals surface area contributed by atoms with Crippen LogP contribution in [0.2, 0.25) is 0 Å². The Morgan fingerprint density at radius 3 is 2.94 bits per heavy atom. The molecule has 0 aliphatic carbocycles. The third kappa shape index (κ3) is 3.51. The van der Waals surface area contributed by atoms with Crippen LogP contribution in [0.3, 0.4) is 0 Å². The van der Waals surface area contributed by atoms with Crippen LogP contribution in [-0.4, -0.2) is 27.5 Å². The monoisotopic (exact) mass is 338 g/mol. The van der Waals surface area contributed by atoms with Crippen molar-refractivity contribution in [1.29, 1.82) is 0 Å². The summed E-state index contributed by atoms with van der Waals surface area (Å²) in [5, 5.41) is 5.08. The van der Waals surface area contributed by atoms with Crippen molar-refractivity contribution in [2.45, 2.75) is 29.5 Å². The molecular weight excluding hydrogens is 324 g/mol. The van der Waals surface area contributed by atoms with Gasteiger partial charge in [-0.15, -0.1) is 11.3 Å². The Hall–Kier alpha value is 0.0500. The molecule has 1 aliphatic rings. The fraction of sp³-hybridized carbons (Fsp3) is 0.600. The fourth-order valence-electron chi connectivity index (χ4n) is 1.85. The average molecular weight is 339 g/mol. The van der Waals surface area contributed by atoms with E-state index in [0.29, 0.717) is 15.2 Å². The number of rotatable bonds is 4. The van der Waals surface area contributed by atoms with Crippen molar-refractivity contribution in [3.05, 3.63) is 15.9 Å². The minimum absolute atomic E-state index is 0.261. The molecule has 0 amide bonds. The summed E-state index contributed by atoms with van der Waals surface area (Å²) in [6.45, 7) is 1.45. The van der Waals surface area contributed by atoms with Gasteiger partial charge in [0.25, 0.3) is 10.0 Å². The Morgan fingerprint density at radius 1 is 1.53 bits per heavy atom. The van der Waals surface area contributed by atoms with E-state index < -0.39 is 10.0 Å². The molecule has 2 N–H and O–H groups in total. The Bertz CT molecular complexity index is 466. The zero-order valence-corrected chi connectivity index (χ0v) is 12.5. The van der Waals surface area contributed by atoms with Gasteiger partial charge in [0.2, 0.25) is 0 Å². The quantitative estimate of drug-likeness (QED) is 0.881. The van der Waals surface area contributed by atoms with Gasteiger partial charge in [-0.25, -0.2) is 13.1 Å². The van der Waals surface area contributed by atoms with Crippen LogP contribution >= 0.6 is 27.3 Å². The second-order valence-corrected chi connectivity index (χ2v) is 7.79. The molecule has 2 heterocycles. The lowest BCUT2D eigenvalue weighted by Gasteiger charge is -2.23. The first-order valence-corrected chi connectivity index (χ1v) is 8.71. The van der Waals surface area contributed by atoms with Crippen molar-refractivity contribution in [2.24, 2.45) is 0 Å². The highest BCUT2D eigenvalue weighted by molar-refractivity contribution is 9.10. The van der Waals surface area contributed by atoms with Gasteiger partial charge in [-0.05, 0) is 46.8 Å². The van der Waals surface area contributed by atoms with Crippen molar-refractivity contribution in [1.82, 2.24) is 10.0 Å². The van der Waals surface area contributed by atoms with Crippen LogP contribution in [0.4, 0.5) is 0 Å². The topological polar surface area (TPSA) is 58.2 Å². The highest BCUT2D eigenvalue weighted by atomic mass is 79.9. The van der Waals surface area contributed by atoms with Crippen LogP contribution in [0.25, 0.3) is 0 Å². The van der Waals surface area contributed by atoms with Gasteiger partial charge in [-0.1, -0.05) is 6.42 Å². The van der Waals surface area contributed by atoms with Crippen LogP contribution in [0.1, 0.15) is 19.3 Å². The zero-order chi connectivity index (χ0) is 12.3. The van der Waals surface area contributed by atoms with E-state index in [1.807, 2.05) is 0 Å². The molecule has 0 radical (unpaired) electrons. The van der Waals surface area contributed by atoms with E-state index >= 15 is 0 Å². The maximum atomic E-state index is 12.0. The van der Waals surface area contributed by atoms with Crippen molar-refractivity contribution in [2.75, 3.05) is 13.1 Å². The van der Waals surface area contributed by atoms with Crippen LogP contribution in [0.15, 0.2) is 20.1 Å². The normalized spacial score (nSPS) is 21.6. The zero-order valence-electron chi connectivity index (χ0n) is 9.28. The van der Waals surface area contributed by atoms with Gasteiger partial charge in [0.05, 0.1) is 0 Å². The number of thiophene rings is 1. The average Bonchev–Trinajstić information content (AvgIpc) is 2.75. The number of sulfonamides is 1. The molecule has 4 nitrogen and oxygen atoms in total.